The number of fused-ring (bicyclic) bond motifs is 5. The van der Waals surface area contributed by atoms with Crippen LogP contribution in [0.3, 0.4) is 0 Å². The summed E-state index contributed by atoms with van der Waals surface area (Å²) in [5.41, 5.74) is 0.883. The first-order valence-electron chi connectivity index (χ1n) is 12.9. The Kier molecular flexibility index (Phi) is 5.96. The Bertz CT molecular complexity index is 540. The van der Waals surface area contributed by atoms with Crippen molar-refractivity contribution in [3.05, 3.63) is 0 Å². The normalized spacial score (nSPS) is 49.4. The van der Waals surface area contributed by atoms with Crippen LogP contribution in [-0.2, 0) is 0 Å². The maximum atomic E-state index is 14.4. The van der Waals surface area contributed by atoms with Gasteiger partial charge in [-0.1, -0.05) is 53.9 Å². The summed E-state index contributed by atoms with van der Waals surface area (Å²) in [7, 11) is 0. The molecule has 0 saturated heterocycles. The van der Waals surface area contributed by atoms with Crippen molar-refractivity contribution < 1.29 is 4.39 Å². The van der Waals surface area contributed by atoms with Gasteiger partial charge in [0.25, 0.3) is 0 Å². The monoisotopic (exact) mass is 390 g/mol. The fraction of sp³-hybridized carbons (Fsp3) is 1.00. The minimum Gasteiger partial charge on any atom is -0.247 e. The summed E-state index contributed by atoms with van der Waals surface area (Å²) in [6, 6.07) is 0. The van der Waals surface area contributed by atoms with Gasteiger partial charge in [-0.25, -0.2) is 4.39 Å². The van der Waals surface area contributed by atoms with E-state index in [4.69, 9.17) is 0 Å². The van der Waals surface area contributed by atoms with Gasteiger partial charge in [-0.2, -0.15) is 0 Å². The van der Waals surface area contributed by atoms with Gasteiger partial charge in [0.1, 0.15) is 6.17 Å². The van der Waals surface area contributed by atoms with Crippen LogP contribution in [-0.4, -0.2) is 6.17 Å². The third-order valence-corrected chi connectivity index (χ3v) is 10.8. The molecule has 0 N–H and O–H groups in total. The molecule has 9 atom stereocenters. The van der Waals surface area contributed by atoms with Gasteiger partial charge in [0.05, 0.1) is 0 Å². The topological polar surface area (TPSA) is 0 Å². The Hall–Kier alpha value is -0.0700. The van der Waals surface area contributed by atoms with Crippen LogP contribution in [0.15, 0.2) is 0 Å². The van der Waals surface area contributed by atoms with Crippen molar-refractivity contribution >= 4 is 0 Å². The van der Waals surface area contributed by atoms with Crippen molar-refractivity contribution in [1.82, 2.24) is 0 Å². The van der Waals surface area contributed by atoms with Crippen LogP contribution in [0.5, 0.6) is 0 Å². The quantitative estimate of drug-likeness (QED) is 0.441. The van der Waals surface area contributed by atoms with Gasteiger partial charge in [0.15, 0.2) is 0 Å². The van der Waals surface area contributed by atoms with Gasteiger partial charge in [-0.3, -0.25) is 0 Å². The molecule has 4 aliphatic rings. The second-order valence-electron chi connectivity index (χ2n) is 12.6. The standard InChI is InChI=1S/C27H47F/c1-18(2)7-6-8-19(3)23-13-14-24-22-12-10-20-9-11-21(28)17-27(20,5)25(22)15-16-26(23,24)4/h18-25H,6-17H2,1-5H3/t19-,20?,21?,22+,23-,24+,25+,26-,27+/m1/s1. The molecule has 2 unspecified atom stereocenters. The lowest BCUT2D eigenvalue weighted by Crippen LogP contribution is -2.54. The maximum Gasteiger partial charge on any atom is 0.101 e. The fourth-order valence-electron chi connectivity index (χ4n) is 9.31. The molecular formula is C27H47F. The SMILES string of the molecule is CC(C)CCC[C@@H](C)[C@H]1CC[C@H]2[C@@H]3CCC4CCC(F)C[C@]4(C)[C@H]3CC[C@]12C. The molecular weight excluding hydrogens is 343 g/mol. The Morgan fingerprint density at radius 1 is 0.821 bits per heavy atom. The summed E-state index contributed by atoms with van der Waals surface area (Å²) < 4.78 is 14.4. The van der Waals surface area contributed by atoms with Crippen LogP contribution in [0, 0.1) is 52.3 Å². The summed E-state index contributed by atoms with van der Waals surface area (Å²) in [6.45, 7) is 12.5. The number of hydrogen-bond donors (Lipinski definition) is 0. The van der Waals surface area contributed by atoms with Gasteiger partial charge < -0.3 is 0 Å². The van der Waals surface area contributed by atoms with Gasteiger partial charge in [-0.05, 0) is 110 Å². The third kappa shape index (κ3) is 3.49. The second kappa shape index (κ2) is 7.88. The number of rotatable bonds is 5. The Morgan fingerprint density at radius 2 is 1.54 bits per heavy atom. The van der Waals surface area contributed by atoms with E-state index < -0.39 is 6.17 Å². The van der Waals surface area contributed by atoms with Crippen molar-refractivity contribution in [3.63, 3.8) is 0 Å². The first kappa shape index (κ1) is 21.2. The van der Waals surface area contributed by atoms with Crippen LogP contribution in [0.25, 0.3) is 0 Å². The summed E-state index contributed by atoms with van der Waals surface area (Å²) in [5, 5.41) is 0. The summed E-state index contributed by atoms with van der Waals surface area (Å²) in [5.74, 6) is 6.15. The highest BCUT2D eigenvalue weighted by molar-refractivity contribution is 5.09. The van der Waals surface area contributed by atoms with Gasteiger partial charge in [0, 0.05) is 0 Å². The lowest BCUT2D eigenvalue weighted by atomic mass is 9.44. The van der Waals surface area contributed by atoms with Crippen molar-refractivity contribution in [1.29, 1.82) is 0 Å². The molecule has 0 bridgehead atoms. The van der Waals surface area contributed by atoms with Crippen molar-refractivity contribution in [2.24, 2.45) is 52.3 Å². The molecule has 4 saturated carbocycles. The number of alkyl halides is 1. The molecule has 0 spiro atoms. The molecule has 0 radical (unpaired) electrons. The summed E-state index contributed by atoms with van der Waals surface area (Å²) in [6.07, 6.45) is 15.2. The molecule has 0 aromatic heterocycles. The predicted molar refractivity (Wildman–Crippen MR) is 118 cm³/mol. The summed E-state index contributed by atoms with van der Waals surface area (Å²) >= 11 is 0. The molecule has 0 heterocycles. The van der Waals surface area contributed by atoms with Crippen molar-refractivity contribution in [3.8, 4) is 0 Å². The minimum absolute atomic E-state index is 0.308. The third-order valence-electron chi connectivity index (χ3n) is 10.8. The molecule has 4 fully saturated rings. The molecule has 28 heavy (non-hydrogen) atoms. The van der Waals surface area contributed by atoms with E-state index in [-0.39, 0.29) is 0 Å². The molecule has 0 aliphatic heterocycles. The second-order valence-corrected chi connectivity index (χ2v) is 12.6. The van der Waals surface area contributed by atoms with Gasteiger partial charge >= 0.3 is 0 Å². The zero-order chi connectivity index (χ0) is 20.1. The number of halogens is 1. The minimum atomic E-state index is -0.523. The molecule has 0 amide bonds. The number of hydrogen-bond acceptors (Lipinski definition) is 0. The Morgan fingerprint density at radius 3 is 2.29 bits per heavy atom. The van der Waals surface area contributed by atoms with Gasteiger partial charge in [-0.15, -0.1) is 0 Å². The highest BCUT2D eigenvalue weighted by Crippen LogP contribution is 2.68. The highest BCUT2D eigenvalue weighted by atomic mass is 19.1. The zero-order valence-electron chi connectivity index (χ0n) is 19.5. The lowest BCUT2D eigenvalue weighted by molar-refractivity contribution is -0.125. The van der Waals surface area contributed by atoms with E-state index in [1.54, 1.807) is 0 Å². The van der Waals surface area contributed by atoms with E-state index in [1.807, 2.05) is 0 Å². The molecule has 0 aromatic carbocycles. The van der Waals surface area contributed by atoms with E-state index >= 15 is 0 Å². The zero-order valence-corrected chi connectivity index (χ0v) is 19.5. The first-order valence-corrected chi connectivity index (χ1v) is 12.9. The maximum absolute atomic E-state index is 14.4. The van der Waals surface area contributed by atoms with Crippen molar-refractivity contribution in [2.75, 3.05) is 0 Å². The average Bonchev–Trinajstić information content (AvgIpc) is 2.98. The first-order chi connectivity index (χ1) is 13.3. The molecule has 4 aliphatic carbocycles. The van der Waals surface area contributed by atoms with E-state index in [0.29, 0.717) is 10.8 Å². The van der Waals surface area contributed by atoms with Crippen LogP contribution in [0.4, 0.5) is 4.39 Å². The average molecular weight is 391 g/mol. The molecule has 162 valence electrons. The van der Waals surface area contributed by atoms with E-state index in [9.17, 15) is 4.39 Å². The van der Waals surface area contributed by atoms with E-state index in [0.717, 1.165) is 54.3 Å². The summed E-state index contributed by atoms with van der Waals surface area (Å²) in [4.78, 5) is 0. The van der Waals surface area contributed by atoms with Crippen LogP contribution >= 0.6 is 0 Å². The Labute approximate surface area is 174 Å². The smallest absolute Gasteiger partial charge is 0.101 e. The van der Waals surface area contributed by atoms with Gasteiger partial charge in [0.2, 0.25) is 0 Å². The molecule has 0 nitrogen and oxygen atoms in total. The fourth-order valence-corrected chi connectivity index (χ4v) is 9.31. The largest absolute Gasteiger partial charge is 0.247 e. The molecule has 1 heteroatoms. The highest BCUT2D eigenvalue weighted by Gasteiger charge is 2.60. The molecule has 4 rings (SSSR count). The van der Waals surface area contributed by atoms with Crippen LogP contribution in [0.2, 0.25) is 0 Å². The predicted octanol–water partition coefficient (Wildman–Crippen LogP) is 8.45. The van der Waals surface area contributed by atoms with Crippen LogP contribution in [0.1, 0.15) is 112 Å². The Balaban J connectivity index is 1.47. The van der Waals surface area contributed by atoms with E-state index in [2.05, 4.69) is 34.6 Å². The molecule has 0 aromatic rings. The van der Waals surface area contributed by atoms with E-state index in [1.165, 1.54) is 64.2 Å². The van der Waals surface area contributed by atoms with Crippen LogP contribution < -0.4 is 0 Å². The lowest BCUT2D eigenvalue weighted by Gasteiger charge is -2.61. The van der Waals surface area contributed by atoms with Crippen molar-refractivity contribution in [2.45, 2.75) is 118 Å².